The van der Waals surface area contributed by atoms with Crippen LogP contribution in [-0.4, -0.2) is 28.5 Å². The van der Waals surface area contributed by atoms with E-state index in [1.54, 1.807) is 23.6 Å². The van der Waals surface area contributed by atoms with Gasteiger partial charge < -0.3 is 4.42 Å². The van der Waals surface area contributed by atoms with Gasteiger partial charge in [-0.25, -0.2) is 18.4 Å². The van der Waals surface area contributed by atoms with Gasteiger partial charge >= 0.3 is 0 Å². The first-order valence-corrected chi connectivity index (χ1v) is 11.6. The van der Waals surface area contributed by atoms with E-state index in [1.165, 1.54) is 0 Å². The Balaban J connectivity index is 1.76. The maximum atomic E-state index is 13.0. The Kier molecular flexibility index (Phi) is 4.02. The van der Waals surface area contributed by atoms with Crippen LogP contribution in [-0.2, 0) is 21.7 Å². The van der Waals surface area contributed by atoms with Crippen LogP contribution in [0.1, 0.15) is 37.8 Å². The Morgan fingerprint density at radius 2 is 2.00 bits per heavy atom. The molecule has 0 radical (unpaired) electrons. The van der Waals surface area contributed by atoms with E-state index < -0.39 is 15.3 Å². The molecule has 1 aromatic carbocycles. The third-order valence-electron chi connectivity index (χ3n) is 5.84. The molecule has 5 rings (SSSR count). The van der Waals surface area contributed by atoms with Gasteiger partial charge in [0.1, 0.15) is 11.2 Å². The molecule has 0 amide bonds. The minimum Gasteiger partial charge on any atom is -0.435 e. The summed E-state index contributed by atoms with van der Waals surface area (Å²) in [6.45, 7) is 3.66. The molecule has 0 spiro atoms. The van der Waals surface area contributed by atoms with Crippen LogP contribution in [0.5, 0.6) is 0 Å². The van der Waals surface area contributed by atoms with Crippen molar-refractivity contribution in [3.8, 4) is 17.7 Å². The average Bonchev–Trinajstić information content (AvgIpc) is 3.28. The topological polar surface area (TPSA) is 101 Å². The molecular weight excluding hydrogens is 400 g/mol. The zero-order valence-electron chi connectivity index (χ0n) is 16.7. The van der Waals surface area contributed by atoms with Crippen molar-refractivity contribution in [2.75, 3.05) is 5.75 Å². The second-order valence-electron chi connectivity index (χ2n) is 7.68. The van der Waals surface area contributed by atoms with Crippen molar-refractivity contribution in [2.45, 2.75) is 43.6 Å². The van der Waals surface area contributed by atoms with Crippen LogP contribution in [0.15, 0.2) is 46.0 Å². The number of nitriles is 1. The van der Waals surface area contributed by atoms with Crippen LogP contribution >= 0.6 is 0 Å². The largest absolute Gasteiger partial charge is 0.435 e. The number of fused-ring (bicyclic) bond motifs is 2. The number of nitrogens with zero attached hydrogens (tertiary/aromatic N) is 4. The van der Waals surface area contributed by atoms with Crippen molar-refractivity contribution in [1.82, 2.24) is 14.4 Å². The van der Waals surface area contributed by atoms with Gasteiger partial charge in [0.2, 0.25) is 5.89 Å². The van der Waals surface area contributed by atoms with Crippen molar-refractivity contribution in [1.29, 1.82) is 5.26 Å². The van der Waals surface area contributed by atoms with E-state index in [0.29, 0.717) is 16.7 Å². The molecule has 0 aliphatic heterocycles. The number of oxazole rings is 1. The van der Waals surface area contributed by atoms with Crippen LogP contribution in [0.2, 0.25) is 0 Å². The molecule has 1 saturated carbocycles. The summed E-state index contributed by atoms with van der Waals surface area (Å²) in [7, 11) is -3.61. The van der Waals surface area contributed by atoms with Gasteiger partial charge in [-0.1, -0.05) is 19.9 Å². The van der Waals surface area contributed by atoms with Gasteiger partial charge in [0, 0.05) is 6.20 Å². The Bertz CT molecular complexity index is 1450. The van der Waals surface area contributed by atoms with Crippen LogP contribution in [0, 0.1) is 11.3 Å². The zero-order chi connectivity index (χ0) is 21.1. The first-order valence-electron chi connectivity index (χ1n) is 9.97. The molecule has 8 heteroatoms. The molecule has 0 bridgehead atoms. The Hall–Kier alpha value is -3.18. The highest BCUT2D eigenvalue weighted by Gasteiger charge is 2.45. The molecule has 3 heterocycles. The van der Waals surface area contributed by atoms with Gasteiger partial charge in [-0.3, -0.25) is 4.40 Å². The Morgan fingerprint density at radius 3 is 2.67 bits per heavy atom. The third-order valence-corrected chi connectivity index (χ3v) is 7.58. The maximum absolute atomic E-state index is 13.0. The predicted octanol–water partition coefficient (Wildman–Crippen LogP) is 4.05. The number of imidazole rings is 1. The summed E-state index contributed by atoms with van der Waals surface area (Å²) in [5.41, 5.74) is 3.42. The number of hydrogen-bond donors (Lipinski definition) is 0. The number of benzene rings is 1. The summed E-state index contributed by atoms with van der Waals surface area (Å²) >= 11 is 0. The van der Waals surface area contributed by atoms with E-state index in [4.69, 9.17) is 4.42 Å². The van der Waals surface area contributed by atoms with Crippen LogP contribution in [0.4, 0.5) is 0 Å². The lowest BCUT2D eigenvalue weighted by Gasteiger charge is -2.07. The molecule has 30 heavy (non-hydrogen) atoms. The molecule has 7 nitrogen and oxygen atoms in total. The maximum Gasteiger partial charge on any atom is 0.249 e. The highest BCUT2D eigenvalue weighted by Crippen LogP contribution is 2.47. The number of pyridine rings is 1. The number of hydrogen-bond acceptors (Lipinski definition) is 6. The molecular formula is C22H20N4O3S. The molecule has 0 unspecified atom stereocenters. The summed E-state index contributed by atoms with van der Waals surface area (Å²) < 4.78 is 33.4. The Labute approximate surface area is 173 Å². The third kappa shape index (κ3) is 2.73. The molecule has 0 atom stereocenters. The normalized spacial score (nSPS) is 15.5. The van der Waals surface area contributed by atoms with Crippen LogP contribution < -0.4 is 0 Å². The molecule has 152 valence electrons. The van der Waals surface area contributed by atoms with E-state index in [0.717, 1.165) is 30.4 Å². The minimum atomic E-state index is -3.61. The molecule has 0 saturated heterocycles. The summed E-state index contributed by atoms with van der Waals surface area (Å²) in [5.74, 6) is 0.106. The minimum absolute atomic E-state index is 0.0654. The summed E-state index contributed by atoms with van der Waals surface area (Å²) in [4.78, 5) is 9.13. The van der Waals surface area contributed by atoms with Gasteiger partial charge in [0.15, 0.2) is 26.1 Å². The molecule has 0 N–H and O–H groups in total. The number of rotatable bonds is 5. The molecule has 1 aliphatic rings. The summed E-state index contributed by atoms with van der Waals surface area (Å²) in [6, 6.07) is 11.7. The summed E-state index contributed by atoms with van der Waals surface area (Å²) in [6.07, 6.45) is 4.15. The van der Waals surface area contributed by atoms with Gasteiger partial charge in [0.05, 0.1) is 17.2 Å². The van der Waals surface area contributed by atoms with Gasteiger partial charge in [-0.15, -0.1) is 0 Å². The first kappa shape index (κ1) is 18.8. The lowest BCUT2D eigenvalue weighted by Crippen LogP contribution is -2.09. The quantitative estimate of drug-likeness (QED) is 0.483. The average molecular weight is 420 g/mol. The van der Waals surface area contributed by atoms with E-state index in [-0.39, 0.29) is 22.4 Å². The molecule has 1 fully saturated rings. The van der Waals surface area contributed by atoms with E-state index in [2.05, 4.69) is 23.0 Å². The molecule has 3 aromatic heterocycles. The van der Waals surface area contributed by atoms with Crippen molar-refractivity contribution >= 4 is 26.6 Å². The highest BCUT2D eigenvalue weighted by molar-refractivity contribution is 7.91. The van der Waals surface area contributed by atoms with Gasteiger partial charge in [-0.2, -0.15) is 5.26 Å². The standard InChI is InChI=1S/C22H20N4O3S/c1-3-14-5-6-17-16(11-14)24-20(29-17)19-21(30(27,28)4-2)26-10-7-15(12-18(26)25-19)22(13-23)8-9-22/h5-7,10-12H,3-4,8-9H2,1-2H3. The van der Waals surface area contributed by atoms with Crippen molar-refractivity contribution in [3.05, 3.63) is 47.7 Å². The van der Waals surface area contributed by atoms with Gasteiger partial charge in [-0.05, 0) is 54.7 Å². The highest BCUT2D eigenvalue weighted by atomic mass is 32.2. The predicted molar refractivity (Wildman–Crippen MR) is 112 cm³/mol. The number of aryl methyl sites for hydroxylation is 1. The summed E-state index contributed by atoms with van der Waals surface area (Å²) in [5, 5.41) is 9.58. The van der Waals surface area contributed by atoms with E-state index in [1.807, 2.05) is 24.3 Å². The molecule has 4 aromatic rings. The SMILES string of the molecule is CCc1ccc2oc(-c3nc4cc(C5(C#N)CC5)ccn4c3S(=O)(=O)CC)nc2c1. The van der Waals surface area contributed by atoms with Crippen LogP contribution in [0.25, 0.3) is 28.3 Å². The number of sulfone groups is 1. The van der Waals surface area contributed by atoms with Crippen LogP contribution in [0.3, 0.4) is 0 Å². The van der Waals surface area contributed by atoms with Crippen molar-refractivity contribution in [3.63, 3.8) is 0 Å². The fraction of sp³-hybridized carbons (Fsp3) is 0.318. The van der Waals surface area contributed by atoms with Gasteiger partial charge in [0.25, 0.3) is 0 Å². The zero-order valence-corrected chi connectivity index (χ0v) is 17.5. The van der Waals surface area contributed by atoms with Crippen molar-refractivity contribution in [2.24, 2.45) is 0 Å². The van der Waals surface area contributed by atoms with E-state index in [9.17, 15) is 13.7 Å². The molecule has 1 aliphatic carbocycles. The Morgan fingerprint density at radius 1 is 1.20 bits per heavy atom. The first-order chi connectivity index (χ1) is 14.4. The second-order valence-corrected chi connectivity index (χ2v) is 9.87. The number of aromatic nitrogens is 3. The fourth-order valence-electron chi connectivity index (χ4n) is 3.78. The smallest absolute Gasteiger partial charge is 0.249 e. The fourth-order valence-corrected chi connectivity index (χ4v) is 4.93. The van der Waals surface area contributed by atoms with E-state index >= 15 is 0 Å². The van der Waals surface area contributed by atoms with Crippen molar-refractivity contribution < 1.29 is 12.8 Å². The lowest BCUT2D eigenvalue weighted by molar-refractivity contribution is 0.588. The monoisotopic (exact) mass is 420 g/mol. The lowest BCUT2D eigenvalue weighted by atomic mass is 9.99. The second kappa shape index (κ2) is 6.41.